The highest BCUT2D eigenvalue weighted by Gasteiger charge is 2.00. The number of benzene rings is 1. The van der Waals surface area contributed by atoms with E-state index in [-0.39, 0.29) is 0 Å². The van der Waals surface area contributed by atoms with E-state index >= 15 is 0 Å². The van der Waals surface area contributed by atoms with Crippen molar-refractivity contribution in [2.45, 2.75) is 20.0 Å². The first kappa shape index (κ1) is 12.1. The SMILES string of the molecule is COc1cccc(CNCc2sccc2C)c1. The van der Waals surface area contributed by atoms with E-state index in [2.05, 4.69) is 35.8 Å². The summed E-state index contributed by atoms with van der Waals surface area (Å²) in [5.41, 5.74) is 2.62. The summed E-state index contributed by atoms with van der Waals surface area (Å²) in [6, 6.07) is 10.3. The minimum atomic E-state index is 0.870. The number of hydrogen-bond acceptors (Lipinski definition) is 3. The Morgan fingerprint density at radius 2 is 2.12 bits per heavy atom. The summed E-state index contributed by atoms with van der Waals surface area (Å²) in [4.78, 5) is 1.41. The van der Waals surface area contributed by atoms with E-state index in [1.807, 2.05) is 12.1 Å². The summed E-state index contributed by atoms with van der Waals surface area (Å²) in [6.07, 6.45) is 0. The second kappa shape index (κ2) is 5.84. The number of aryl methyl sites for hydroxylation is 1. The smallest absolute Gasteiger partial charge is 0.119 e. The van der Waals surface area contributed by atoms with Crippen LogP contribution >= 0.6 is 11.3 Å². The lowest BCUT2D eigenvalue weighted by atomic mass is 10.2. The second-order valence-electron chi connectivity index (χ2n) is 3.98. The number of methoxy groups -OCH3 is 1. The van der Waals surface area contributed by atoms with Gasteiger partial charge in [0, 0.05) is 18.0 Å². The van der Waals surface area contributed by atoms with Gasteiger partial charge in [-0.15, -0.1) is 11.3 Å². The van der Waals surface area contributed by atoms with Gasteiger partial charge < -0.3 is 10.1 Å². The van der Waals surface area contributed by atoms with Gasteiger partial charge in [-0.1, -0.05) is 12.1 Å². The minimum absolute atomic E-state index is 0.870. The molecule has 2 rings (SSSR count). The van der Waals surface area contributed by atoms with E-state index < -0.39 is 0 Å². The minimum Gasteiger partial charge on any atom is -0.497 e. The number of hydrogen-bond donors (Lipinski definition) is 1. The van der Waals surface area contributed by atoms with Crippen LogP contribution < -0.4 is 10.1 Å². The van der Waals surface area contributed by atoms with E-state index in [4.69, 9.17) is 4.74 Å². The van der Waals surface area contributed by atoms with Gasteiger partial charge in [-0.25, -0.2) is 0 Å². The number of thiophene rings is 1. The Morgan fingerprint density at radius 3 is 2.82 bits per heavy atom. The number of nitrogens with one attached hydrogen (secondary N) is 1. The third-order valence-electron chi connectivity index (χ3n) is 2.72. The van der Waals surface area contributed by atoms with Crippen molar-refractivity contribution in [2.24, 2.45) is 0 Å². The largest absolute Gasteiger partial charge is 0.497 e. The van der Waals surface area contributed by atoms with Crippen LogP contribution in [0, 0.1) is 6.92 Å². The van der Waals surface area contributed by atoms with Gasteiger partial charge in [0.15, 0.2) is 0 Å². The molecule has 0 aliphatic carbocycles. The Balaban J connectivity index is 1.87. The molecule has 0 spiro atoms. The summed E-state index contributed by atoms with van der Waals surface area (Å²) in [7, 11) is 1.70. The van der Waals surface area contributed by atoms with Gasteiger partial charge in [0.25, 0.3) is 0 Å². The zero-order valence-corrected chi connectivity index (χ0v) is 11.0. The van der Waals surface area contributed by atoms with Crippen molar-refractivity contribution in [3.63, 3.8) is 0 Å². The Kier molecular flexibility index (Phi) is 4.18. The van der Waals surface area contributed by atoms with Crippen LogP contribution in [0.15, 0.2) is 35.7 Å². The molecule has 2 aromatic rings. The molecule has 0 atom stereocenters. The van der Waals surface area contributed by atoms with Crippen LogP contribution in [0.25, 0.3) is 0 Å². The van der Waals surface area contributed by atoms with Gasteiger partial charge >= 0.3 is 0 Å². The van der Waals surface area contributed by atoms with Crippen molar-refractivity contribution in [3.8, 4) is 5.75 Å². The molecule has 0 saturated carbocycles. The van der Waals surface area contributed by atoms with Gasteiger partial charge in [0.05, 0.1) is 7.11 Å². The average molecular weight is 247 g/mol. The number of rotatable bonds is 5. The number of ether oxygens (including phenoxy) is 1. The van der Waals surface area contributed by atoms with Crippen molar-refractivity contribution in [1.82, 2.24) is 5.32 Å². The third kappa shape index (κ3) is 3.32. The lowest BCUT2D eigenvalue weighted by Gasteiger charge is -2.06. The van der Waals surface area contributed by atoms with Crippen LogP contribution in [0.3, 0.4) is 0 Å². The van der Waals surface area contributed by atoms with Gasteiger partial charge in [-0.2, -0.15) is 0 Å². The molecule has 1 N–H and O–H groups in total. The monoisotopic (exact) mass is 247 g/mol. The van der Waals surface area contributed by atoms with Crippen LogP contribution in [0.1, 0.15) is 16.0 Å². The van der Waals surface area contributed by atoms with E-state index in [1.54, 1.807) is 18.4 Å². The summed E-state index contributed by atoms with van der Waals surface area (Å²) < 4.78 is 5.20. The van der Waals surface area contributed by atoms with E-state index in [0.717, 1.165) is 18.8 Å². The fourth-order valence-electron chi connectivity index (χ4n) is 1.69. The van der Waals surface area contributed by atoms with E-state index in [9.17, 15) is 0 Å². The maximum absolute atomic E-state index is 5.20. The Labute approximate surface area is 106 Å². The van der Waals surface area contributed by atoms with Gasteiger partial charge in [0.2, 0.25) is 0 Å². The van der Waals surface area contributed by atoms with Crippen molar-refractivity contribution < 1.29 is 4.74 Å². The zero-order chi connectivity index (χ0) is 12.1. The first-order valence-corrected chi connectivity index (χ1v) is 6.54. The molecule has 0 fully saturated rings. The second-order valence-corrected chi connectivity index (χ2v) is 4.98. The molecule has 0 aliphatic rings. The van der Waals surface area contributed by atoms with Crippen LogP contribution in [-0.4, -0.2) is 7.11 Å². The quantitative estimate of drug-likeness (QED) is 0.875. The fraction of sp³-hybridized carbons (Fsp3) is 0.286. The highest BCUT2D eigenvalue weighted by molar-refractivity contribution is 7.10. The van der Waals surface area contributed by atoms with E-state index in [0.29, 0.717) is 0 Å². The molecule has 1 heterocycles. The molecule has 90 valence electrons. The molecule has 0 aliphatic heterocycles. The molecule has 0 saturated heterocycles. The molecule has 0 bridgehead atoms. The molecule has 0 radical (unpaired) electrons. The predicted octanol–water partition coefficient (Wildman–Crippen LogP) is 3.35. The lowest BCUT2D eigenvalue weighted by molar-refractivity contribution is 0.414. The van der Waals surface area contributed by atoms with Crippen LogP contribution in [0.5, 0.6) is 5.75 Å². The zero-order valence-electron chi connectivity index (χ0n) is 10.2. The van der Waals surface area contributed by atoms with Gasteiger partial charge in [-0.05, 0) is 41.6 Å². The molecule has 0 amide bonds. The Hall–Kier alpha value is -1.32. The molecule has 1 aromatic carbocycles. The first-order valence-electron chi connectivity index (χ1n) is 5.66. The highest BCUT2D eigenvalue weighted by atomic mass is 32.1. The molecular formula is C14H17NOS. The molecular weight excluding hydrogens is 230 g/mol. The maximum Gasteiger partial charge on any atom is 0.119 e. The van der Waals surface area contributed by atoms with Crippen molar-refractivity contribution in [2.75, 3.05) is 7.11 Å². The third-order valence-corrected chi connectivity index (χ3v) is 3.74. The maximum atomic E-state index is 5.20. The summed E-state index contributed by atoms with van der Waals surface area (Å²) >= 11 is 1.81. The van der Waals surface area contributed by atoms with Crippen molar-refractivity contribution >= 4 is 11.3 Å². The first-order chi connectivity index (χ1) is 8.29. The molecule has 1 aromatic heterocycles. The Bertz CT molecular complexity index is 479. The van der Waals surface area contributed by atoms with Gasteiger partial charge in [-0.3, -0.25) is 0 Å². The van der Waals surface area contributed by atoms with Crippen molar-refractivity contribution in [1.29, 1.82) is 0 Å². The summed E-state index contributed by atoms with van der Waals surface area (Å²) in [5, 5.41) is 5.59. The van der Waals surface area contributed by atoms with Gasteiger partial charge in [0.1, 0.15) is 5.75 Å². The van der Waals surface area contributed by atoms with Crippen LogP contribution in [0.4, 0.5) is 0 Å². The normalized spacial score (nSPS) is 10.5. The highest BCUT2D eigenvalue weighted by Crippen LogP contribution is 2.16. The molecule has 3 heteroatoms. The fourth-order valence-corrected chi connectivity index (χ4v) is 2.56. The van der Waals surface area contributed by atoms with Crippen LogP contribution in [-0.2, 0) is 13.1 Å². The predicted molar refractivity (Wildman–Crippen MR) is 72.6 cm³/mol. The molecule has 0 unspecified atom stereocenters. The molecule has 17 heavy (non-hydrogen) atoms. The van der Waals surface area contributed by atoms with Crippen LogP contribution in [0.2, 0.25) is 0 Å². The standard InChI is InChI=1S/C14H17NOS/c1-11-6-7-17-14(11)10-15-9-12-4-3-5-13(8-12)16-2/h3-8,15H,9-10H2,1-2H3. The Morgan fingerprint density at radius 1 is 1.24 bits per heavy atom. The average Bonchev–Trinajstić information content (AvgIpc) is 2.76. The summed E-state index contributed by atoms with van der Waals surface area (Å²) in [5.74, 6) is 0.914. The van der Waals surface area contributed by atoms with E-state index in [1.165, 1.54) is 16.0 Å². The summed E-state index contributed by atoms with van der Waals surface area (Å²) in [6.45, 7) is 3.95. The topological polar surface area (TPSA) is 21.3 Å². The molecule has 2 nitrogen and oxygen atoms in total. The lowest BCUT2D eigenvalue weighted by Crippen LogP contribution is -2.12. The van der Waals surface area contributed by atoms with Crippen molar-refractivity contribution in [3.05, 3.63) is 51.7 Å².